The fraction of sp³-hybridized carbons (Fsp3) is 0.308. The van der Waals surface area contributed by atoms with Crippen molar-refractivity contribution >= 4 is 17.9 Å². The molecule has 7 nitrogen and oxygen atoms in total. The quantitative estimate of drug-likeness (QED) is 0.520. The Kier molecular flexibility index (Phi) is 8.13. The Bertz CT molecular complexity index is 1120. The zero-order chi connectivity index (χ0) is 23.8. The lowest BCUT2D eigenvalue weighted by Gasteiger charge is -2.10. The Morgan fingerprint density at radius 1 is 1.09 bits per heavy atom. The Balaban J connectivity index is 1.56. The number of amides is 2. The smallest absolute Gasteiger partial charge is 0.269 e. The number of carbonyl (C=O) groups is 2. The molecule has 0 aliphatic carbocycles. The summed E-state index contributed by atoms with van der Waals surface area (Å²) in [5.41, 5.74) is 4.09. The molecule has 3 rings (SSSR count). The van der Waals surface area contributed by atoms with Gasteiger partial charge in [0.25, 0.3) is 11.8 Å². The third-order valence-electron chi connectivity index (χ3n) is 5.17. The van der Waals surface area contributed by atoms with Crippen LogP contribution in [0.3, 0.4) is 0 Å². The lowest BCUT2D eigenvalue weighted by molar-refractivity contribution is 0.0947. The number of nitrogens with one attached hydrogen (secondary N) is 2. The van der Waals surface area contributed by atoms with Gasteiger partial charge in [-0.1, -0.05) is 50.3 Å². The van der Waals surface area contributed by atoms with Gasteiger partial charge in [0.2, 0.25) is 0 Å². The van der Waals surface area contributed by atoms with Crippen LogP contribution in [0.4, 0.5) is 0 Å². The van der Waals surface area contributed by atoms with Crippen LogP contribution in [0, 0.1) is 0 Å². The molecule has 172 valence electrons. The molecular formula is C26H31N5O2. The van der Waals surface area contributed by atoms with Crippen LogP contribution in [0.1, 0.15) is 71.1 Å². The van der Waals surface area contributed by atoms with Gasteiger partial charge in [0.15, 0.2) is 0 Å². The molecular weight excluding hydrogens is 414 g/mol. The van der Waals surface area contributed by atoms with Crippen molar-refractivity contribution in [3.8, 4) is 0 Å². The van der Waals surface area contributed by atoms with Gasteiger partial charge in [-0.25, -0.2) is 0 Å². The highest BCUT2D eigenvalue weighted by Crippen LogP contribution is 2.15. The minimum atomic E-state index is -0.298. The normalized spacial score (nSPS) is 12.2. The van der Waals surface area contributed by atoms with Crippen LogP contribution < -0.4 is 10.6 Å². The molecule has 3 aromatic rings. The molecule has 0 radical (unpaired) electrons. The summed E-state index contributed by atoms with van der Waals surface area (Å²) >= 11 is 0. The van der Waals surface area contributed by atoms with E-state index in [1.807, 2.05) is 36.9 Å². The topological polar surface area (TPSA) is 88.9 Å². The lowest BCUT2D eigenvalue weighted by Crippen LogP contribution is -2.31. The van der Waals surface area contributed by atoms with E-state index >= 15 is 0 Å². The van der Waals surface area contributed by atoms with Crippen LogP contribution in [0.25, 0.3) is 6.08 Å². The van der Waals surface area contributed by atoms with Crippen molar-refractivity contribution < 1.29 is 9.59 Å². The summed E-state index contributed by atoms with van der Waals surface area (Å²) in [6.07, 6.45) is 9.08. The molecule has 2 aromatic heterocycles. The van der Waals surface area contributed by atoms with E-state index in [0.29, 0.717) is 24.6 Å². The predicted molar refractivity (Wildman–Crippen MR) is 130 cm³/mol. The van der Waals surface area contributed by atoms with E-state index in [2.05, 4.69) is 58.8 Å². The Labute approximate surface area is 194 Å². The molecule has 1 atom stereocenters. The molecule has 0 fully saturated rings. The molecule has 0 aliphatic heterocycles. The summed E-state index contributed by atoms with van der Waals surface area (Å²) in [6.45, 7) is 9.29. The molecule has 0 saturated carbocycles. The van der Waals surface area contributed by atoms with Crippen LogP contribution in [-0.4, -0.2) is 39.2 Å². The van der Waals surface area contributed by atoms with Gasteiger partial charge in [0.05, 0.1) is 12.7 Å². The number of pyridine rings is 1. The number of nitrogens with zero attached hydrogens (tertiary/aromatic N) is 3. The van der Waals surface area contributed by atoms with Crippen molar-refractivity contribution in [1.82, 2.24) is 25.4 Å². The summed E-state index contributed by atoms with van der Waals surface area (Å²) < 4.78 is 1.90. The zero-order valence-electron chi connectivity index (χ0n) is 19.6. The molecule has 1 aromatic carbocycles. The maximum absolute atomic E-state index is 12.6. The van der Waals surface area contributed by atoms with Crippen LogP contribution in [0.5, 0.6) is 0 Å². The SMILES string of the molecule is CCNC(=O)c1cc(C(=O)N[C@@H](C)/C=C/c2cnn(Cc3ccc(C(C)C)cc3)c2)ccn1. The van der Waals surface area contributed by atoms with Crippen LogP contribution >= 0.6 is 0 Å². The maximum Gasteiger partial charge on any atom is 0.269 e. The van der Waals surface area contributed by atoms with Crippen molar-refractivity contribution in [3.05, 3.63) is 89.0 Å². The predicted octanol–water partition coefficient (Wildman–Crippen LogP) is 4.03. The van der Waals surface area contributed by atoms with E-state index in [0.717, 1.165) is 5.56 Å². The van der Waals surface area contributed by atoms with E-state index < -0.39 is 0 Å². The number of rotatable bonds is 9. The molecule has 0 saturated heterocycles. The first-order valence-corrected chi connectivity index (χ1v) is 11.2. The molecule has 0 spiro atoms. The molecule has 33 heavy (non-hydrogen) atoms. The van der Waals surface area contributed by atoms with Gasteiger partial charge in [-0.2, -0.15) is 5.10 Å². The summed E-state index contributed by atoms with van der Waals surface area (Å²) in [6, 6.07) is 11.5. The Hall–Kier alpha value is -3.74. The third kappa shape index (κ3) is 6.87. The second kappa shape index (κ2) is 11.2. The molecule has 2 N–H and O–H groups in total. The van der Waals surface area contributed by atoms with Gasteiger partial charge in [-0.05, 0) is 43.0 Å². The fourth-order valence-electron chi connectivity index (χ4n) is 3.29. The van der Waals surface area contributed by atoms with Crippen LogP contribution in [0.15, 0.2) is 61.1 Å². The number of benzene rings is 1. The molecule has 2 heterocycles. The van der Waals surface area contributed by atoms with Gasteiger partial charge in [-0.15, -0.1) is 0 Å². The van der Waals surface area contributed by atoms with Crippen molar-refractivity contribution in [2.24, 2.45) is 0 Å². The van der Waals surface area contributed by atoms with Crippen LogP contribution in [0.2, 0.25) is 0 Å². The van der Waals surface area contributed by atoms with Gasteiger partial charge < -0.3 is 10.6 Å². The minimum Gasteiger partial charge on any atom is -0.351 e. The molecule has 0 bridgehead atoms. The van der Waals surface area contributed by atoms with E-state index in [4.69, 9.17) is 0 Å². The van der Waals surface area contributed by atoms with E-state index in [9.17, 15) is 9.59 Å². The molecule has 2 amide bonds. The molecule has 0 unspecified atom stereocenters. The summed E-state index contributed by atoms with van der Waals surface area (Å²) in [7, 11) is 0. The second-order valence-electron chi connectivity index (χ2n) is 8.28. The Morgan fingerprint density at radius 3 is 2.55 bits per heavy atom. The Morgan fingerprint density at radius 2 is 1.85 bits per heavy atom. The highest BCUT2D eigenvalue weighted by molar-refractivity contribution is 5.98. The largest absolute Gasteiger partial charge is 0.351 e. The number of hydrogen-bond acceptors (Lipinski definition) is 4. The van der Waals surface area contributed by atoms with E-state index in [1.54, 1.807) is 12.3 Å². The first kappa shape index (κ1) is 23.9. The standard InChI is InChI=1S/C26H31N5O2/c1-5-27-26(33)24-14-23(12-13-28-24)25(32)30-19(4)6-7-21-15-29-31(17-21)16-20-8-10-22(11-9-20)18(2)3/h6-15,17-19H,5,16H2,1-4H3,(H,27,33)(H,30,32)/b7-6+/t19-/m0/s1. The minimum absolute atomic E-state index is 0.203. The number of carbonyl (C=O) groups excluding carboxylic acids is 2. The summed E-state index contributed by atoms with van der Waals surface area (Å²) in [4.78, 5) is 28.5. The van der Waals surface area contributed by atoms with Crippen molar-refractivity contribution in [2.45, 2.75) is 46.2 Å². The van der Waals surface area contributed by atoms with E-state index in [1.165, 1.54) is 23.4 Å². The number of aromatic nitrogens is 3. The highest BCUT2D eigenvalue weighted by Gasteiger charge is 2.12. The monoisotopic (exact) mass is 445 g/mol. The van der Waals surface area contributed by atoms with Crippen molar-refractivity contribution in [1.29, 1.82) is 0 Å². The maximum atomic E-state index is 12.6. The zero-order valence-corrected chi connectivity index (χ0v) is 19.6. The average Bonchev–Trinajstić information content (AvgIpc) is 3.25. The van der Waals surface area contributed by atoms with Gasteiger partial charge in [0.1, 0.15) is 5.69 Å². The second-order valence-corrected chi connectivity index (χ2v) is 8.28. The average molecular weight is 446 g/mol. The molecule has 0 aliphatic rings. The first-order chi connectivity index (χ1) is 15.9. The van der Waals surface area contributed by atoms with Gasteiger partial charge in [-0.3, -0.25) is 19.3 Å². The van der Waals surface area contributed by atoms with Crippen LogP contribution in [-0.2, 0) is 6.54 Å². The fourth-order valence-corrected chi connectivity index (χ4v) is 3.29. The van der Waals surface area contributed by atoms with Gasteiger partial charge >= 0.3 is 0 Å². The summed E-state index contributed by atoms with van der Waals surface area (Å²) in [5, 5.41) is 10.0. The third-order valence-corrected chi connectivity index (χ3v) is 5.17. The number of hydrogen-bond donors (Lipinski definition) is 2. The highest BCUT2D eigenvalue weighted by atomic mass is 16.2. The van der Waals surface area contributed by atoms with Gasteiger partial charge in [0, 0.05) is 36.1 Å². The van der Waals surface area contributed by atoms with Crippen molar-refractivity contribution in [3.63, 3.8) is 0 Å². The first-order valence-electron chi connectivity index (χ1n) is 11.2. The summed E-state index contributed by atoms with van der Waals surface area (Å²) in [5.74, 6) is -0.0438. The van der Waals surface area contributed by atoms with E-state index in [-0.39, 0.29) is 23.6 Å². The lowest BCUT2D eigenvalue weighted by atomic mass is 10.0. The van der Waals surface area contributed by atoms with Crippen molar-refractivity contribution in [2.75, 3.05) is 6.54 Å². The molecule has 7 heteroatoms.